The second-order valence-corrected chi connectivity index (χ2v) is 5.56. The van der Waals surface area contributed by atoms with E-state index in [9.17, 15) is 14.4 Å². The molecule has 0 aliphatic carbocycles. The van der Waals surface area contributed by atoms with E-state index in [0.29, 0.717) is 30.4 Å². The topological polar surface area (TPSA) is 100 Å². The quantitative estimate of drug-likeness (QED) is 0.803. The van der Waals surface area contributed by atoms with Gasteiger partial charge in [0.15, 0.2) is 18.1 Å². The fourth-order valence-corrected chi connectivity index (χ4v) is 2.42. The Morgan fingerprint density at radius 1 is 0.963 bits per heavy atom. The molecule has 0 radical (unpaired) electrons. The van der Waals surface area contributed by atoms with E-state index >= 15 is 0 Å². The van der Waals surface area contributed by atoms with Crippen LogP contribution in [0.2, 0.25) is 0 Å². The lowest BCUT2D eigenvalue weighted by Crippen LogP contribution is -2.21. The largest absolute Gasteiger partial charge is 0.486 e. The van der Waals surface area contributed by atoms with Gasteiger partial charge in [0.25, 0.3) is 5.91 Å². The van der Waals surface area contributed by atoms with Crippen molar-refractivity contribution >= 4 is 23.5 Å². The minimum atomic E-state index is -0.724. The van der Waals surface area contributed by atoms with Crippen LogP contribution in [0.15, 0.2) is 42.5 Å². The Balaban J connectivity index is 1.56. The van der Waals surface area contributed by atoms with Crippen LogP contribution < -0.4 is 14.8 Å². The number of rotatable bonds is 5. The number of anilines is 1. The van der Waals surface area contributed by atoms with Crippen molar-refractivity contribution in [3.8, 4) is 11.5 Å². The van der Waals surface area contributed by atoms with Gasteiger partial charge in [0.2, 0.25) is 0 Å². The Kier molecular flexibility index (Phi) is 5.55. The standard InChI is InChI=1S/C19H17NO7/c1-24-18(22)12-3-2-4-13(9-12)19(23)27-11-17(21)20-14-5-6-15-16(10-14)26-8-7-25-15/h2-6,9-10H,7-8,11H2,1H3,(H,20,21). The predicted molar refractivity (Wildman–Crippen MR) is 94.1 cm³/mol. The number of esters is 2. The molecule has 1 aliphatic rings. The molecule has 0 unspecified atom stereocenters. The highest BCUT2D eigenvalue weighted by molar-refractivity contribution is 5.97. The molecule has 0 bridgehead atoms. The minimum Gasteiger partial charge on any atom is -0.486 e. The lowest BCUT2D eigenvalue weighted by atomic mass is 10.1. The molecule has 3 rings (SSSR count). The minimum absolute atomic E-state index is 0.144. The van der Waals surface area contributed by atoms with Crippen LogP contribution in [-0.4, -0.2) is 44.8 Å². The second kappa shape index (κ2) is 8.22. The normalized spacial score (nSPS) is 12.0. The predicted octanol–water partition coefficient (Wildman–Crippen LogP) is 2.04. The van der Waals surface area contributed by atoms with Crippen molar-refractivity contribution in [2.75, 3.05) is 32.2 Å². The number of ether oxygens (including phenoxy) is 4. The first-order valence-corrected chi connectivity index (χ1v) is 8.12. The summed E-state index contributed by atoms with van der Waals surface area (Å²) in [5, 5.41) is 2.61. The molecule has 2 aromatic rings. The van der Waals surface area contributed by atoms with Crippen LogP contribution in [-0.2, 0) is 14.3 Å². The summed E-state index contributed by atoms with van der Waals surface area (Å²) in [6.07, 6.45) is 0. The number of benzene rings is 2. The van der Waals surface area contributed by atoms with Gasteiger partial charge >= 0.3 is 11.9 Å². The van der Waals surface area contributed by atoms with Crippen LogP contribution >= 0.6 is 0 Å². The fraction of sp³-hybridized carbons (Fsp3) is 0.211. The summed E-state index contributed by atoms with van der Waals surface area (Å²) in [7, 11) is 1.25. The van der Waals surface area contributed by atoms with Gasteiger partial charge in [0, 0.05) is 11.8 Å². The summed E-state index contributed by atoms with van der Waals surface area (Å²) < 4.78 is 20.4. The molecule has 1 heterocycles. The van der Waals surface area contributed by atoms with Gasteiger partial charge in [-0.25, -0.2) is 9.59 Å². The van der Waals surface area contributed by atoms with Gasteiger partial charge in [0.1, 0.15) is 13.2 Å². The molecule has 140 valence electrons. The molecule has 0 aromatic heterocycles. The highest BCUT2D eigenvalue weighted by Crippen LogP contribution is 2.32. The molecule has 0 atom stereocenters. The molecular weight excluding hydrogens is 354 g/mol. The summed E-state index contributed by atoms with van der Waals surface area (Å²) in [5.74, 6) is -0.657. The van der Waals surface area contributed by atoms with Crippen LogP contribution in [0.5, 0.6) is 11.5 Å². The molecule has 1 N–H and O–H groups in total. The van der Waals surface area contributed by atoms with Gasteiger partial charge in [-0.1, -0.05) is 6.07 Å². The second-order valence-electron chi connectivity index (χ2n) is 5.56. The average molecular weight is 371 g/mol. The summed E-state index contributed by atoms with van der Waals surface area (Å²) in [5.41, 5.74) is 0.852. The van der Waals surface area contributed by atoms with E-state index in [0.717, 1.165) is 0 Å². The maximum absolute atomic E-state index is 12.1. The molecule has 0 fully saturated rings. The molecule has 0 saturated carbocycles. The van der Waals surface area contributed by atoms with Crippen molar-refractivity contribution in [3.63, 3.8) is 0 Å². The van der Waals surface area contributed by atoms with Crippen molar-refractivity contribution in [3.05, 3.63) is 53.6 Å². The van der Waals surface area contributed by atoms with E-state index in [2.05, 4.69) is 10.1 Å². The molecular formula is C19H17NO7. The summed E-state index contributed by atoms with van der Waals surface area (Å²) in [6.45, 7) is 0.439. The first-order valence-electron chi connectivity index (χ1n) is 8.12. The number of fused-ring (bicyclic) bond motifs is 1. The van der Waals surface area contributed by atoms with Crippen LogP contribution in [0.4, 0.5) is 5.69 Å². The van der Waals surface area contributed by atoms with E-state index in [1.165, 1.54) is 31.4 Å². The third kappa shape index (κ3) is 4.55. The van der Waals surface area contributed by atoms with Gasteiger partial charge in [-0.05, 0) is 30.3 Å². The molecule has 8 heteroatoms. The van der Waals surface area contributed by atoms with E-state index in [1.807, 2.05) is 0 Å². The summed E-state index contributed by atoms with van der Waals surface area (Å²) in [6, 6.07) is 10.8. The van der Waals surface area contributed by atoms with Gasteiger partial charge in [-0.3, -0.25) is 4.79 Å². The van der Waals surface area contributed by atoms with Crippen LogP contribution in [0.1, 0.15) is 20.7 Å². The lowest BCUT2D eigenvalue weighted by Gasteiger charge is -2.19. The Labute approximate surface area is 155 Å². The fourth-order valence-electron chi connectivity index (χ4n) is 2.42. The van der Waals surface area contributed by atoms with E-state index < -0.39 is 24.5 Å². The monoisotopic (exact) mass is 371 g/mol. The number of methoxy groups -OCH3 is 1. The number of carbonyl (C=O) groups is 3. The van der Waals surface area contributed by atoms with Crippen molar-refractivity contribution in [2.24, 2.45) is 0 Å². The third-order valence-corrected chi connectivity index (χ3v) is 3.68. The maximum atomic E-state index is 12.1. The van der Waals surface area contributed by atoms with Gasteiger partial charge in [0.05, 0.1) is 18.2 Å². The Morgan fingerprint density at radius 2 is 1.67 bits per heavy atom. The molecule has 1 aliphatic heterocycles. The van der Waals surface area contributed by atoms with E-state index in [1.54, 1.807) is 18.2 Å². The smallest absolute Gasteiger partial charge is 0.338 e. The zero-order valence-corrected chi connectivity index (χ0v) is 14.5. The number of nitrogens with one attached hydrogen (secondary N) is 1. The molecule has 0 saturated heterocycles. The first-order chi connectivity index (χ1) is 13.1. The molecule has 8 nitrogen and oxygen atoms in total. The summed E-state index contributed by atoms with van der Waals surface area (Å²) in [4.78, 5) is 35.6. The Bertz CT molecular complexity index is 878. The number of carbonyl (C=O) groups excluding carboxylic acids is 3. The lowest BCUT2D eigenvalue weighted by molar-refractivity contribution is -0.119. The average Bonchev–Trinajstić information content (AvgIpc) is 2.71. The Hall–Kier alpha value is -3.55. The molecule has 0 spiro atoms. The third-order valence-electron chi connectivity index (χ3n) is 3.68. The van der Waals surface area contributed by atoms with Gasteiger partial charge < -0.3 is 24.3 Å². The Morgan fingerprint density at radius 3 is 2.41 bits per heavy atom. The summed E-state index contributed by atoms with van der Waals surface area (Å²) >= 11 is 0. The first kappa shape index (κ1) is 18.2. The highest BCUT2D eigenvalue weighted by Gasteiger charge is 2.15. The van der Waals surface area contributed by atoms with E-state index in [4.69, 9.17) is 14.2 Å². The molecule has 2 aromatic carbocycles. The maximum Gasteiger partial charge on any atom is 0.338 e. The van der Waals surface area contributed by atoms with Crippen LogP contribution in [0, 0.1) is 0 Å². The van der Waals surface area contributed by atoms with Gasteiger partial charge in [-0.2, -0.15) is 0 Å². The molecule has 27 heavy (non-hydrogen) atoms. The van der Waals surface area contributed by atoms with Crippen molar-refractivity contribution in [1.82, 2.24) is 0 Å². The number of hydrogen-bond donors (Lipinski definition) is 1. The van der Waals surface area contributed by atoms with Crippen LogP contribution in [0.3, 0.4) is 0 Å². The highest BCUT2D eigenvalue weighted by atomic mass is 16.6. The number of amides is 1. The van der Waals surface area contributed by atoms with E-state index in [-0.39, 0.29) is 11.1 Å². The molecule has 1 amide bonds. The van der Waals surface area contributed by atoms with Gasteiger partial charge in [-0.15, -0.1) is 0 Å². The number of hydrogen-bond acceptors (Lipinski definition) is 7. The zero-order valence-electron chi connectivity index (χ0n) is 14.5. The van der Waals surface area contributed by atoms with Crippen molar-refractivity contribution in [1.29, 1.82) is 0 Å². The zero-order chi connectivity index (χ0) is 19.2. The van der Waals surface area contributed by atoms with Crippen molar-refractivity contribution < 1.29 is 33.3 Å². The van der Waals surface area contributed by atoms with Crippen LogP contribution in [0.25, 0.3) is 0 Å². The SMILES string of the molecule is COC(=O)c1cccc(C(=O)OCC(=O)Nc2ccc3c(c2)OCCO3)c1. The van der Waals surface area contributed by atoms with Crippen molar-refractivity contribution in [2.45, 2.75) is 0 Å².